The van der Waals surface area contributed by atoms with E-state index >= 15 is 0 Å². The SMILES string of the molecule is CCCC(CBr)CN1C(=O)Cc2cc([N+](=O)[O-])ccc21. The van der Waals surface area contributed by atoms with Gasteiger partial charge in [0.25, 0.3) is 5.69 Å². The van der Waals surface area contributed by atoms with Crippen molar-refractivity contribution in [3.63, 3.8) is 0 Å². The summed E-state index contributed by atoms with van der Waals surface area (Å²) in [7, 11) is 0. The van der Waals surface area contributed by atoms with Crippen molar-refractivity contribution >= 4 is 33.2 Å². The Morgan fingerprint density at radius 3 is 2.85 bits per heavy atom. The first-order valence-corrected chi connectivity index (χ1v) is 7.82. The van der Waals surface area contributed by atoms with E-state index < -0.39 is 4.92 Å². The zero-order valence-electron chi connectivity index (χ0n) is 11.3. The van der Waals surface area contributed by atoms with Gasteiger partial charge in [0.1, 0.15) is 0 Å². The normalized spacial score (nSPS) is 15.3. The number of carbonyl (C=O) groups excluding carboxylic acids is 1. The standard InChI is InChI=1S/C14H17BrN2O3/c1-2-3-10(8-15)9-16-13-5-4-12(17(19)20)6-11(13)7-14(16)18/h4-6,10H,2-3,7-9H2,1H3. The first-order valence-electron chi connectivity index (χ1n) is 6.70. The Morgan fingerprint density at radius 2 is 2.25 bits per heavy atom. The number of amides is 1. The van der Waals surface area contributed by atoms with E-state index in [9.17, 15) is 14.9 Å². The molecule has 108 valence electrons. The molecule has 0 aliphatic carbocycles. The summed E-state index contributed by atoms with van der Waals surface area (Å²) >= 11 is 3.49. The highest BCUT2D eigenvalue weighted by Crippen LogP contribution is 2.33. The molecule has 1 heterocycles. The molecule has 1 aromatic rings. The molecule has 0 spiro atoms. The molecule has 1 atom stereocenters. The summed E-state index contributed by atoms with van der Waals surface area (Å²) in [4.78, 5) is 24.2. The van der Waals surface area contributed by atoms with Crippen LogP contribution in [0.1, 0.15) is 25.3 Å². The average molecular weight is 341 g/mol. The van der Waals surface area contributed by atoms with Crippen LogP contribution < -0.4 is 4.90 Å². The molecule has 0 aromatic heterocycles. The van der Waals surface area contributed by atoms with Crippen molar-refractivity contribution in [2.45, 2.75) is 26.2 Å². The maximum atomic E-state index is 12.1. The lowest BCUT2D eigenvalue weighted by atomic mass is 10.1. The van der Waals surface area contributed by atoms with E-state index in [-0.39, 0.29) is 18.0 Å². The van der Waals surface area contributed by atoms with E-state index in [4.69, 9.17) is 0 Å². The number of benzene rings is 1. The molecule has 1 unspecified atom stereocenters. The van der Waals surface area contributed by atoms with Crippen molar-refractivity contribution in [2.75, 3.05) is 16.8 Å². The number of non-ortho nitro benzene ring substituents is 1. The molecule has 1 aliphatic heterocycles. The number of carbonyl (C=O) groups is 1. The number of hydrogen-bond acceptors (Lipinski definition) is 3. The van der Waals surface area contributed by atoms with Gasteiger partial charge in [-0.15, -0.1) is 0 Å². The van der Waals surface area contributed by atoms with E-state index in [1.54, 1.807) is 11.0 Å². The van der Waals surface area contributed by atoms with E-state index in [1.165, 1.54) is 12.1 Å². The Morgan fingerprint density at radius 1 is 1.50 bits per heavy atom. The van der Waals surface area contributed by atoms with Crippen molar-refractivity contribution in [2.24, 2.45) is 5.92 Å². The van der Waals surface area contributed by atoms with Crippen LogP contribution in [0.4, 0.5) is 11.4 Å². The molecule has 2 rings (SSSR count). The Labute approximate surface area is 126 Å². The predicted octanol–water partition coefficient (Wildman–Crippen LogP) is 3.30. The van der Waals surface area contributed by atoms with Gasteiger partial charge in [-0.2, -0.15) is 0 Å². The minimum atomic E-state index is -0.425. The van der Waals surface area contributed by atoms with Crippen LogP contribution in [0.25, 0.3) is 0 Å². The Balaban J connectivity index is 2.22. The second-order valence-electron chi connectivity index (χ2n) is 5.06. The molecular formula is C14H17BrN2O3. The molecule has 5 nitrogen and oxygen atoms in total. The van der Waals surface area contributed by atoms with Gasteiger partial charge in [-0.3, -0.25) is 14.9 Å². The summed E-state index contributed by atoms with van der Waals surface area (Å²) in [5.74, 6) is 0.438. The fraction of sp³-hybridized carbons (Fsp3) is 0.500. The van der Waals surface area contributed by atoms with Crippen molar-refractivity contribution in [1.82, 2.24) is 0 Å². The first kappa shape index (κ1) is 15.0. The number of fused-ring (bicyclic) bond motifs is 1. The van der Waals surface area contributed by atoms with Gasteiger partial charge >= 0.3 is 0 Å². The molecule has 0 fully saturated rings. The zero-order valence-corrected chi connectivity index (χ0v) is 12.9. The lowest BCUT2D eigenvalue weighted by Crippen LogP contribution is -2.32. The molecule has 20 heavy (non-hydrogen) atoms. The number of nitro groups is 1. The molecule has 1 aliphatic rings. The molecule has 0 saturated heterocycles. The monoisotopic (exact) mass is 340 g/mol. The Bertz CT molecular complexity index is 533. The fourth-order valence-electron chi connectivity index (χ4n) is 2.57. The van der Waals surface area contributed by atoms with Crippen LogP contribution in [0.5, 0.6) is 0 Å². The Hall–Kier alpha value is -1.43. The number of nitro benzene ring substituents is 1. The maximum absolute atomic E-state index is 12.1. The van der Waals surface area contributed by atoms with Crippen molar-refractivity contribution in [3.05, 3.63) is 33.9 Å². The maximum Gasteiger partial charge on any atom is 0.269 e. The van der Waals surface area contributed by atoms with E-state index in [0.29, 0.717) is 12.5 Å². The Kier molecular flexibility index (Phi) is 4.75. The molecule has 0 N–H and O–H groups in total. The van der Waals surface area contributed by atoms with Crippen LogP contribution >= 0.6 is 15.9 Å². The van der Waals surface area contributed by atoms with Gasteiger partial charge in [0.05, 0.1) is 11.3 Å². The molecular weight excluding hydrogens is 324 g/mol. The number of halogens is 1. The van der Waals surface area contributed by atoms with Crippen molar-refractivity contribution < 1.29 is 9.72 Å². The van der Waals surface area contributed by atoms with Gasteiger partial charge in [-0.05, 0) is 24.0 Å². The van der Waals surface area contributed by atoms with Crippen LogP contribution in [-0.2, 0) is 11.2 Å². The smallest absolute Gasteiger partial charge is 0.269 e. The highest BCUT2D eigenvalue weighted by Gasteiger charge is 2.30. The van der Waals surface area contributed by atoms with Gasteiger partial charge in [0, 0.05) is 29.7 Å². The van der Waals surface area contributed by atoms with Crippen LogP contribution in [0, 0.1) is 16.0 Å². The highest BCUT2D eigenvalue weighted by molar-refractivity contribution is 9.09. The summed E-state index contributed by atoms with van der Waals surface area (Å²) in [6.07, 6.45) is 2.39. The minimum absolute atomic E-state index is 0.0301. The lowest BCUT2D eigenvalue weighted by Gasteiger charge is -2.23. The first-order chi connectivity index (χ1) is 9.56. The van der Waals surface area contributed by atoms with Crippen LogP contribution in [-0.4, -0.2) is 22.7 Å². The van der Waals surface area contributed by atoms with Crippen molar-refractivity contribution in [3.8, 4) is 0 Å². The number of nitrogens with zero attached hydrogens (tertiary/aromatic N) is 2. The molecule has 0 saturated carbocycles. The van der Waals surface area contributed by atoms with E-state index in [1.807, 2.05) is 0 Å². The number of anilines is 1. The molecule has 0 radical (unpaired) electrons. The predicted molar refractivity (Wildman–Crippen MR) is 81.3 cm³/mol. The van der Waals surface area contributed by atoms with Gasteiger partial charge in [0.15, 0.2) is 0 Å². The third-order valence-corrected chi connectivity index (χ3v) is 4.48. The highest BCUT2D eigenvalue weighted by atomic mass is 79.9. The van der Waals surface area contributed by atoms with Crippen LogP contribution in [0.3, 0.4) is 0 Å². The summed E-state index contributed by atoms with van der Waals surface area (Å²) in [5, 5.41) is 11.6. The summed E-state index contributed by atoms with van der Waals surface area (Å²) in [5.41, 5.74) is 1.63. The largest absolute Gasteiger partial charge is 0.312 e. The van der Waals surface area contributed by atoms with Gasteiger partial charge in [-0.25, -0.2) is 0 Å². The number of alkyl halides is 1. The van der Waals surface area contributed by atoms with Crippen LogP contribution in [0.15, 0.2) is 18.2 Å². The van der Waals surface area contributed by atoms with E-state index in [0.717, 1.165) is 29.4 Å². The number of hydrogen-bond donors (Lipinski definition) is 0. The number of rotatable bonds is 6. The molecule has 1 aromatic carbocycles. The summed E-state index contributed by atoms with van der Waals surface area (Å²) in [6.45, 7) is 2.79. The molecule has 6 heteroatoms. The topological polar surface area (TPSA) is 63.5 Å². The van der Waals surface area contributed by atoms with Gasteiger partial charge in [-0.1, -0.05) is 29.3 Å². The second kappa shape index (κ2) is 6.35. The third kappa shape index (κ3) is 3.00. The second-order valence-corrected chi connectivity index (χ2v) is 5.71. The summed E-state index contributed by atoms with van der Waals surface area (Å²) < 4.78 is 0. The quantitative estimate of drug-likeness (QED) is 0.453. The minimum Gasteiger partial charge on any atom is -0.312 e. The van der Waals surface area contributed by atoms with E-state index in [2.05, 4.69) is 22.9 Å². The zero-order chi connectivity index (χ0) is 14.7. The fourth-order valence-corrected chi connectivity index (χ4v) is 3.10. The molecule has 0 bridgehead atoms. The summed E-state index contributed by atoms with van der Waals surface area (Å²) in [6, 6.07) is 4.67. The van der Waals surface area contributed by atoms with Gasteiger partial charge in [0.2, 0.25) is 5.91 Å². The third-order valence-electron chi connectivity index (χ3n) is 3.56. The average Bonchev–Trinajstić information content (AvgIpc) is 2.73. The van der Waals surface area contributed by atoms with Gasteiger partial charge < -0.3 is 4.90 Å². The van der Waals surface area contributed by atoms with Crippen molar-refractivity contribution in [1.29, 1.82) is 0 Å². The lowest BCUT2D eigenvalue weighted by molar-refractivity contribution is -0.384. The van der Waals surface area contributed by atoms with Crippen LogP contribution in [0.2, 0.25) is 0 Å². The molecule has 1 amide bonds.